The van der Waals surface area contributed by atoms with Crippen molar-refractivity contribution in [3.63, 3.8) is 0 Å². The average molecular weight is 206 g/mol. The van der Waals surface area contributed by atoms with E-state index >= 15 is 0 Å². The van der Waals surface area contributed by atoms with Crippen molar-refractivity contribution in [1.29, 1.82) is 0 Å². The van der Waals surface area contributed by atoms with E-state index < -0.39 is 0 Å². The summed E-state index contributed by atoms with van der Waals surface area (Å²) < 4.78 is 0. The second-order valence-corrected chi connectivity index (χ2v) is 4.45. The fourth-order valence-electron chi connectivity index (χ4n) is 1.62. The largest absolute Gasteiger partial charge is 0.313 e. The molecule has 0 aliphatic heterocycles. The first kappa shape index (κ1) is 12.2. The lowest BCUT2D eigenvalue weighted by Gasteiger charge is -2.26. The summed E-state index contributed by atoms with van der Waals surface area (Å²) in [7, 11) is 4.25. The van der Waals surface area contributed by atoms with E-state index in [1.807, 2.05) is 0 Å². The molecule has 2 nitrogen and oxygen atoms in total. The van der Waals surface area contributed by atoms with Crippen molar-refractivity contribution in [2.75, 3.05) is 20.6 Å². The van der Waals surface area contributed by atoms with E-state index in [2.05, 4.69) is 68.5 Å². The molecule has 1 N–H and O–H groups in total. The van der Waals surface area contributed by atoms with Gasteiger partial charge in [-0.25, -0.2) is 0 Å². The van der Waals surface area contributed by atoms with Crippen molar-refractivity contribution in [2.24, 2.45) is 0 Å². The Morgan fingerprint density at radius 1 is 1.13 bits per heavy atom. The van der Waals surface area contributed by atoms with Crippen LogP contribution in [0.15, 0.2) is 30.3 Å². The third-order valence-electron chi connectivity index (χ3n) is 2.53. The van der Waals surface area contributed by atoms with Crippen molar-refractivity contribution < 1.29 is 0 Å². The van der Waals surface area contributed by atoms with Crippen LogP contribution in [0.2, 0.25) is 0 Å². The van der Waals surface area contributed by atoms with E-state index in [4.69, 9.17) is 0 Å². The second kappa shape index (κ2) is 5.89. The summed E-state index contributed by atoms with van der Waals surface area (Å²) in [5.74, 6) is 0. The zero-order valence-electron chi connectivity index (χ0n) is 10.2. The van der Waals surface area contributed by atoms with E-state index in [0.717, 1.165) is 6.54 Å². The van der Waals surface area contributed by atoms with Crippen LogP contribution in [0.5, 0.6) is 0 Å². The number of hydrogen-bond donors (Lipinski definition) is 1. The zero-order chi connectivity index (χ0) is 11.3. The molecule has 0 bridgehead atoms. The summed E-state index contributed by atoms with van der Waals surface area (Å²) in [6.45, 7) is 5.35. The molecular weight excluding hydrogens is 184 g/mol. The molecule has 84 valence electrons. The van der Waals surface area contributed by atoms with Gasteiger partial charge in [0.1, 0.15) is 0 Å². The number of rotatable bonds is 5. The van der Waals surface area contributed by atoms with Crippen LogP contribution in [-0.4, -0.2) is 31.6 Å². The maximum atomic E-state index is 3.48. The van der Waals surface area contributed by atoms with Crippen LogP contribution in [0, 0.1) is 0 Å². The molecule has 0 saturated heterocycles. The average Bonchev–Trinajstić information content (AvgIpc) is 2.18. The molecule has 0 fully saturated rings. The first-order valence-corrected chi connectivity index (χ1v) is 5.56. The van der Waals surface area contributed by atoms with Crippen LogP contribution >= 0.6 is 0 Å². The van der Waals surface area contributed by atoms with Gasteiger partial charge in [0.15, 0.2) is 0 Å². The summed E-state index contributed by atoms with van der Waals surface area (Å²) >= 11 is 0. The Bertz CT molecular complexity index is 267. The number of hydrogen-bond acceptors (Lipinski definition) is 2. The number of nitrogens with one attached hydrogen (secondary N) is 1. The van der Waals surface area contributed by atoms with Crippen LogP contribution in [0.25, 0.3) is 0 Å². The lowest BCUT2D eigenvalue weighted by molar-refractivity contribution is 0.283. The highest BCUT2D eigenvalue weighted by Gasteiger charge is 2.13. The normalized spacial score (nSPS) is 13.5. The lowest BCUT2D eigenvalue weighted by atomic mass is 10.1. The van der Waals surface area contributed by atoms with Crippen LogP contribution in [-0.2, 0) is 0 Å². The van der Waals surface area contributed by atoms with Gasteiger partial charge in [0, 0.05) is 18.6 Å². The molecule has 2 heteroatoms. The highest BCUT2D eigenvalue weighted by molar-refractivity contribution is 5.19. The first-order valence-electron chi connectivity index (χ1n) is 5.56. The highest BCUT2D eigenvalue weighted by Crippen LogP contribution is 2.16. The predicted molar refractivity (Wildman–Crippen MR) is 66.0 cm³/mol. The Kier molecular flexibility index (Phi) is 4.79. The molecule has 0 aromatic heterocycles. The molecule has 1 atom stereocenters. The van der Waals surface area contributed by atoms with Gasteiger partial charge in [-0.1, -0.05) is 44.2 Å². The SMILES string of the molecule is CC(C)NC[C@@H](c1ccccc1)N(C)C. The summed E-state index contributed by atoms with van der Waals surface area (Å²) in [4.78, 5) is 2.25. The summed E-state index contributed by atoms with van der Waals surface area (Å²) in [5, 5.41) is 3.48. The Hall–Kier alpha value is -0.860. The van der Waals surface area contributed by atoms with Crippen LogP contribution in [0.4, 0.5) is 0 Å². The number of benzene rings is 1. The Labute approximate surface area is 93.3 Å². The second-order valence-electron chi connectivity index (χ2n) is 4.45. The van der Waals surface area contributed by atoms with Crippen molar-refractivity contribution in [3.05, 3.63) is 35.9 Å². The third-order valence-corrected chi connectivity index (χ3v) is 2.53. The highest BCUT2D eigenvalue weighted by atomic mass is 15.1. The van der Waals surface area contributed by atoms with E-state index in [-0.39, 0.29) is 0 Å². The van der Waals surface area contributed by atoms with Crippen LogP contribution in [0.1, 0.15) is 25.5 Å². The topological polar surface area (TPSA) is 15.3 Å². The molecule has 1 aromatic carbocycles. The van der Waals surface area contributed by atoms with Gasteiger partial charge in [0.2, 0.25) is 0 Å². The monoisotopic (exact) mass is 206 g/mol. The van der Waals surface area contributed by atoms with E-state index in [9.17, 15) is 0 Å². The van der Waals surface area contributed by atoms with Gasteiger partial charge in [-0.2, -0.15) is 0 Å². The quantitative estimate of drug-likeness (QED) is 0.795. The minimum Gasteiger partial charge on any atom is -0.313 e. The number of nitrogens with zero attached hydrogens (tertiary/aromatic N) is 1. The number of likely N-dealkylation sites (N-methyl/N-ethyl adjacent to an activating group) is 1. The van der Waals surface area contributed by atoms with Crippen LogP contribution < -0.4 is 5.32 Å². The van der Waals surface area contributed by atoms with Crippen molar-refractivity contribution in [3.8, 4) is 0 Å². The fourth-order valence-corrected chi connectivity index (χ4v) is 1.62. The van der Waals surface area contributed by atoms with Crippen molar-refractivity contribution in [2.45, 2.75) is 25.9 Å². The molecule has 0 unspecified atom stereocenters. The fraction of sp³-hybridized carbons (Fsp3) is 0.538. The minimum absolute atomic E-state index is 0.452. The molecule has 0 aliphatic carbocycles. The van der Waals surface area contributed by atoms with Gasteiger partial charge in [0.05, 0.1) is 0 Å². The van der Waals surface area contributed by atoms with Gasteiger partial charge in [0.25, 0.3) is 0 Å². The zero-order valence-corrected chi connectivity index (χ0v) is 10.2. The van der Waals surface area contributed by atoms with Gasteiger partial charge >= 0.3 is 0 Å². The molecule has 1 rings (SSSR count). The molecule has 0 radical (unpaired) electrons. The summed E-state index contributed by atoms with van der Waals surface area (Å²) in [5.41, 5.74) is 1.37. The molecule has 0 aliphatic rings. The maximum Gasteiger partial charge on any atom is 0.0466 e. The molecule has 15 heavy (non-hydrogen) atoms. The Balaban J connectivity index is 2.66. The van der Waals surface area contributed by atoms with Crippen molar-refractivity contribution in [1.82, 2.24) is 10.2 Å². The molecule has 0 saturated carbocycles. The standard InChI is InChI=1S/C13H22N2/c1-11(2)14-10-13(15(3)4)12-8-6-5-7-9-12/h5-9,11,13-14H,10H2,1-4H3/t13-/m0/s1. The maximum absolute atomic E-state index is 3.48. The summed E-state index contributed by atoms with van der Waals surface area (Å²) in [6.07, 6.45) is 0. The first-order chi connectivity index (χ1) is 7.11. The van der Waals surface area contributed by atoms with Crippen molar-refractivity contribution >= 4 is 0 Å². The predicted octanol–water partition coefficient (Wildman–Crippen LogP) is 2.29. The van der Waals surface area contributed by atoms with Gasteiger partial charge in [-0.3, -0.25) is 0 Å². The van der Waals surface area contributed by atoms with Gasteiger partial charge in [-0.05, 0) is 19.7 Å². The molecule has 1 aromatic rings. The Morgan fingerprint density at radius 2 is 1.73 bits per heavy atom. The van der Waals surface area contributed by atoms with Gasteiger partial charge in [-0.15, -0.1) is 0 Å². The molecular formula is C13H22N2. The van der Waals surface area contributed by atoms with Gasteiger partial charge < -0.3 is 10.2 Å². The Morgan fingerprint density at radius 3 is 2.20 bits per heavy atom. The van der Waals surface area contributed by atoms with Crippen LogP contribution in [0.3, 0.4) is 0 Å². The third kappa shape index (κ3) is 4.02. The minimum atomic E-state index is 0.452. The summed E-state index contributed by atoms with van der Waals surface area (Å²) in [6, 6.07) is 11.6. The molecule has 0 heterocycles. The smallest absolute Gasteiger partial charge is 0.0466 e. The lowest BCUT2D eigenvalue weighted by Crippen LogP contribution is -2.34. The molecule has 0 amide bonds. The van der Waals surface area contributed by atoms with E-state index in [0.29, 0.717) is 12.1 Å². The van der Waals surface area contributed by atoms with E-state index in [1.165, 1.54) is 5.56 Å². The van der Waals surface area contributed by atoms with E-state index in [1.54, 1.807) is 0 Å². The molecule has 0 spiro atoms.